The summed E-state index contributed by atoms with van der Waals surface area (Å²) < 4.78 is 23.5. The van der Waals surface area contributed by atoms with Crippen molar-refractivity contribution in [3.05, 3.63) is 36.3 Å². The summed E-state index contributed by atoms with van der Waals surface area (Å²) in [5.74, 6) is -0.196. The van der Waals surface area contributed by atoms with Crippen LogP contribution in [0, 0.1) is 0 Å². The molecule has 2 aromatic rings. The topological polar surface area (TPSA) is 77.5 Å². The SMILES string of the molecule is NS(=O)(=O)Cc1cnc2ccccn12. The van der Waals surface area contributed by atoms with Crippen LogP contribution in [0.3, 0.4) is 0 Å². The fourth-order valence-corrected chi connectivity index (χ4v) is 1.92. The maximum absolute atomic E-state index is 10.9. The molecule has 74 valence electrons. The number of fused-ring (bicyclic) bond motifs is 1. The van der Waals surface area contributed by atoms with Crippen molar-refractivity contribution in [3.63, 3.8) is 0 Å². The number of hydrogen-bond acceptors (Lipinski definition) is 3. The van der Waals surface area contributed by atoms with Crippen molar-refractivity contribution in [2.75, 3.05) is 0 Å². The predicted molar refractivity (Wildman–Crippen MR) is 52.0 cm³/mol. The highest BCUT2D eigenvalue weighted by Crippen LogP contribution is 2.07. The van der Waals surface area contributed by atoms with Crippen molar-refractivity contribution in [3.8, 4) is 0 Å². The van der Waals surface area contributed by atoms with Crippen molar-refractivity contribution in [2.24, 2.45) is 5.14 Å². The lowest BCUT2D eigenvalue weighted by Gasteiger charge is -1.98. The van der Waals surface area contributed by atoms with Gasteiger partial charge >= 0.3 is 0 Å². The highest BCUT2D eigenvalue weighted by molar-refractivity contribution is 7.88. The van der Waals surface area contributed by atoms with Crippen LogP contribution in [0.25, 0.3) is 5.65 Å². The highest BCUT2D eigenvalue weighted by Gasteiger charge is 2.09. The average Bonchev–Trinajstić information content (AvgIpc) is 2.47. The molecule has 2 rings (SSSR count). The molecule has 0 saturated carbocycles. The Labute approximate surface area is 81.2 Å². The first-order chi connectivity index (χ1) is 6.56. The van der Waals surface area contributed by atoms with Crippen molar-refractivity contribution in [2.45, 2.75) is 5.75 Å². The van der Waals surface area contributed by atoms with Crippen LogP contribution in [0.1, 0.15) is 5.69 Å². The Balaban J connectivity index is 2.54. The number of nitrogens with zero attached hydrogens (tertiary/aromatic N) is 2. The van der Waals surface area contributed by atoms with E-state index in [0.29, 0.717) is 11.3 Å². The minimum absolute atomic E-state index is 0.196. The molecule has 5 nitrogen and oxygen atoms in total. The molecule has 0 saturated heterocycles. The second-order valence-electron chi connectivity index (χ2n) is 2.99. The Bertz CT molecular complexity index is 559. The zero-order valence-electron chi connectivity index (χ0n) is 7.29. The number of nitrogens with two attached hydrogens (primary N) is 1. The normalized spacial score (nSPS) is 12.1. The van der Waals surface area contributed by atoms with E-state index in [4.69, 9.17) is 5.14 Å². The van der Waals surface area contributed by atoms with Gasteiger partial charge < -0.3 is 4.40 Å². The Morgan fingerprint density at radius 3 is 2.93 bits per heavy atom. The molecular formula is C8H9N3O2S. The van der Waals surface area contributed by atoms with E-state index in [0.717, 1.165) is 0 Å². The van der Waals surface area contributed by atoms with E-state index >= 15 is 0 Å². The molecule has 2 heterocycles. The third kappa shape index (κ3) is 1.75. The third-order valence-electron chi connectivity index (χ3n) is 1.84. The highest BCUT2D eigenvalue weighted by atomic mass is 32.2. The number of aromatic nitrogens is 2. The van der Waals surface area contributed by atoms with Gasteiger partial charge in [-0.05, 0) is 12.1 Å². The van der Waals surface area contributed by atoms with Crippen molar-refractivity contribution >= 4 is 15.7 Å². The molecule has 0 radical (unpaired) electrons. The number of primary sulfonamides is 1. The molecule has 0 bridgehead atoms. The third-order valence-corrected chi connectivity index (χ3v) is 2.54. The Morgan fingerprint density at radius 2 is 2.21 bits per heavy atom. The lowest BCUT2D eigenvalue weighted by molar-refractivity contribution is 0.596. The summed E-state index contributed by atoms with van der Waals surface area (Å²) >= 11 is 0. The fraction of sp³-hybridized carbons (Fsp3) is 0.125. The van der Waals surface area contributed by atoms with Gasteiger partial charge in [0.1, 0.15) is 11.4 Å². The van der Waals surface area contributed by atoms with E-state index in [-0.39, 0.29) is 5.75 Å². The van der Waals surface area contributed by atoms with Gasteiger partial charge in [0.2, 0.25) is 10.0 Å². The largest absolute Gasteiger partial charge is 0.303 e. The quantitative estimate of drug-likeness (QED) is 0.766. The first kappa shape index (κ1) is 9.17. The van der Waals surface area contributed by atoms with Crippen LogP contribution in [-0.4, -0.2) is 17.8 Å². The second kappa shape index (κ2) is 3.07. The predicted octanol–water partition coefficient (Wildman–Crippen LogP) is 0.123. The molecule has 0 fully saturated rings. The Morgan fingerprint density at radius 1 is 1.43 bits per heavy atom. The van der Waals surface area contributed by atoms with Crippen LogP contribution in [0.5, 0.6) is 0 Å². The van der Waals surface area contributed by atoms with Gasteiger partial charge in [-0.15, -0.1) is 0 Å². The fourth-order valence-electron chi connectivity index (χ4n) is 1.30. The van der Waals surface area contributed by atoms with E-state index in [1.54, 1.807) is 22.7 Å². The molecule has 0 atom stereocenters. The number of hydrogen-bond donors (Lipinski definition) is 1. The van der Waals surface area contributed by atoms with Gasteiger partial charge in [0, 0.05) is 6.20 Å². The number of pyridine rings is 1. The molecule has 0 aliphatic heterocycles. The molecule has 2 aromatic heterocycles. The molecule has 0 aliphatic carbocycles. The summed E-state index contributed by atoms with van der Waals surface area (Å²) in [5, 5.41) is 4.95. The maximum Gasteiger partial charge on any atom is 0.214 e. The molecule has 2 N–H and O–H groups in total. The Kier molecular flexibility index (Phi) is 2.01. The average molecular weight is 211 g/mol. The van der Waals surface area contributed by atoms with E-state index in [1.807, 2.05) is 6.07 Å². The molecule has 0 aliphatic rings. The monoisotopic (exact) mass is 211 g/mol. The van der Waals surface area contributed by atoms with Gasteiger partial charge in [0.15, 0.2) is 0 Å². The van der Waals surface area contributed by atoms with E-state index in [1.165, 1.54) is 6.20 Å². The van der Waals surface area contributed by atoms with Crippen LogP contribution >= 0.6 is 0 Å². The van der Waals surface area contributed by atoms with Crippen LogP contribution < -0.4 is 5.14 Å². The van der Waals surface area contributed by atoms with Gasteiger partial charge in [-0.1, -0.05) is 6.07 Å². The van der Waals surface area contributed by atoms with Gasteiger partial charge in [-0.3, -0.25) is 0 Å². The lowest BCUT2D eigenvalue weighted by atomic mass is 10.4. The van der Waals surface area contributed by atoms with Crippen LogP contribution in [0.2, 0.25) is 0 Å². The van der Waals surface area contributed by atoms with Gasteiger partial charge in [-0.25, -0.2) is 18.5 Å². The smallest absolute Gasteiger partial charge is 0.214 e. The Hall–Kier alpha value is -1.40. The van der Waals surface area contributed by atoms with Crippen LogP contribution in [0.15, 0.2) is 30.6 Å². The second-order valence-corrected chi connectivity index (χ2v) is 4.60. The van der Waals surface area contributed by atoms with Crippen LogP contribution in [-0.2, 0) is 15.8 Å². The standard InChI is InChI=1S/C8H9N3O2S/c9-14(12,13)6-7-5-10-8-3-1-2-4-11(7)8/h1-5H,6H2,(H2,9,12,13). The molecule has 6 heteroatoms. The summed E-state index contributed by atoms with van der Waals surface area (Å²) in [6, 6.07) is 5.44. The van der Waals surface area contributed by atoms with Crippen LogP contribution in [0.4, 0.5) is 0 Å². The lowest BCUT2D eigenvalue weighted by Crippen LogP contribution is -2.15. The number of rotatable bonds is 2. The van der Waals surface area contributed by atoms with Gasteiger partial charge in [0.25, 0.3) is 0 Å². The first-order valence-electron chi connectivity index (χ1n) is 3.98. The molecular weight excluding hydrogens is 202 g/mol. The molecule has 14 heavy (non-hydrogen) atoms. The zero-order valence-corrected chi connectivity index (χ0v) is 8.11. The maximum atomic E-state index is 10.9. The molecule has 0 spiro atoms. The summed E-state index contributed by atoms with van der Waals surface area (Å²) in [5.41, 5.74) is 1.29. The van der Waals surface area contributed by atoms with Crippen molar-refractivity contribution in [1.82, 2.24) is 9.38 Å². The number of sulfonamides is 1. The van der Waals surface area contributed by atoms with Crippen molar-refractivity contribution < 1.29 is 8.42 Å². The minimum atomic E-state index is -3.50. The molecule has 0 amide bonds. The van der Waals surface area contributed by atoms with E-state index < -0.39 is 10.0 Å². The molecule has 0 aromatic carbocycles. The zero-order chi connectivity index (χ0) is 10.2. The van der Waals surface area contributed by atoms with Gasteiger partial charge in [0.05, 0.1) is 11.9 Å². The van der Waals surface area contributed by atoms with Crippen molar-refractivity contribution in [1.29, 1.82) is 0 Å². The number of imidazole rings is 1. The first-order valence-corrected chi connectivity index (χ1v) is 5.69. The van der Waals surface area contributed by atoms with Gasteiger partial charge in [-0.2, -0.15) is 0 Å². The summed E-state index contributed by atoms with van der Waals surface area (Å²) in [7, 11) is -3.50. The van der Waals surface area contributed by atoms with E-state index in [9.17, 15) is 8.42 Å². The summed E-state index contributed by atoms with van der Waals surface area (Å²) in [6.07, 6.45) is 3.27. The minimum Gasteiger partial charge on any atom is -0.303 e. The molecule has 0 unspecified atom stereocenters. The summed E-state index contributed by atoms with van der Waals surface area (Å²) in [6.45, 7) is 0. The van der Waals surface area contributed by atoms with E-state index in [2.05, 4.69) is 4.98 Å². The summed E-state index contributed by atoms with van der Waals surface area (Å²) in [4.78, 5) is 4.05.